The van der Waals surface area contributed by atoms with Crippen molar-refractivity contribution in [3.63, 3.8) is 0 Å². The van der Waals surface area contributed by atoms with Gasteiger partial charge in [-0.2, -0.15) is 0 Å². The molecular formula is C56H84NaO49. The zero-order valence-electron chi connectivity index (χ0n) is 55.4. The molecule has 0 aliphatic carbocycles. The van der Waals surface area contributed by atoms with Gasteiger partial charge in [-0.15, -0.1) is 0 Å². The maximum atomic E-state index is 11.9. The largest absolute Gasteiger partial charge is 0.480 e. The number of ether oxygens (including phenoxy) is 21. The van der Waals surface area contributed by atoms with Gasteiger partial charge in [-0.1, -0.05) is 0 Å². The summed E-state index contributed by atoms with van der Waals surface area (Å²) >= 11 is 0. The Bertz CT molecular complexity index is 2310. The number of carboxylic acids is 7. The molecule has 14 bridgehead atoms. The van der Waals surface area contributed by atoms with Crippen LogP contribution in [0.2, 0.25) is 0 Å². The number of aliphatic hydroxyl groups excluding tert-OH is 14. The molecule has 50 heteroatoms. The Hall–Kier alpha value is -4.11. The molecular weight excluding hydrogens is 1480 g/mol. The van der Waals surface area contributed by atoms with E-state index < -0.39 is 349 Å². The van der Waals surface area contributed by atoms with Crippen molar-refractivity contribution < 1.29 is 240 Å². The van der Waals surface area contributed by atoms with Crippen LogP contribution in [-0.2, 0) is 133 Å². The summed E-state index contributed by atoms with van der Waals surface area (Å²) in [6.07, 6.45) is -79.3. The van der Waals surface area contributed by atoms with Gasteiger partial charge >= 0.3 is 41.8 Å². The van der Waals surface area contributed by atoms with Crippen molar-refractivity contribution >= 4 is 71.3 Å². The van der Waals surface area contributed by atoms with Crippen LogP contribution < -0.4 is 0 Å². The smallest absolute Gasteiger partial charge is 0.329 e. The van der Waals surface area contributed by atoms with Crippen LogP contribution in [0.3, 0.4) is 0 Å². The van der Waals surface area contributed by atoms with Crippen molar-refractivity contribution in [2.24, 2.45) is 0 Å². The van der Waals surface area contributed by atoms with Crippen LogP contribution in [0.4, 0.5) is 0 Å². The fourth-order valence-electron chi connectivity index (χ4n) is 12.2. The van der Waals surface area contributed by atoms with E-state index in [9.17, 15) is 141 Å². The van der Waals surface area contributed by atoms with Gasteiger partial charge in [-0.3, -0.25) is 0 Å². The molecule has 21 saturated heterocycles. The second-order valence-electron chi connectivity index (χ2n) is 24.7. The predicted molar refractivity (Wildman–Crippen MR) is 314 cm³/mol. The van der Waals surface area contributed by atoms with Gasteiger partial charge in [0, 0.05) is 29.6 Å². The molecule has 5 unspecified atom stereocenters. The van der Waals surface area contributed by atoms with Crippen LogP contribution in [0.25, 0.3) is 0 Å². The molecule has 0 spiro atoms. The number of aliphatic carboxylic acids is 7. The van der Waals surface area contributed by atoms with E-state index in [0.29, 0.717) is 0 Å². The Morgan fingerprint density at radius 3 is 0.387 bits per heavy atom. The van der Waals surface area contributed by atoms with E-state index in [1.807, 2.05) is 0 Å². The predicted octanol–water partition coefficient (Wildman–Crippen LogP) is -14.8. The van der Waals surface area contributed by atoms with Crippen LogP contribution in [0.5, 0.6) is 0 Å². The molecule has 21 N–H and O–H groups in total. The third-order valence-electron chi connectivity index (χ3n) is 17.1. The molecule has 49 nitrogen and oxygen atoms in total. The second kappa shape index (κ2) is 40.9. The first-order valence-corrected chi connectivity index (χ1v) is 31.9. The average Bonchev–Trinajstić information content (AvgIpc) is 0.776. The SMILES string of the molecule is O=C(O)COC[C@H]1O[C@@H]2O[C@H]3C(O)[C@@H](O)[C@H](O[C@@H]3COCC(=O)O)O[C@H]3C(O)[C@@H](O)[C@H](O[C@@H]3COCC(=O)O)O[C@H]3C(O)[C@@H](O)[C@H](O[C@@H]3COCC(=O)O)O[C@H]3C(O)[C@@H](O)[C@H](O[C@@H]3COCC(=O)O)O[C@H]3C(O)[C@@H](O)[C@@H](O[C@H]4[C@H](O)[C@@H](O)[C@H](O[C@H]1[C@H](O)[C@H]2O)O[C@@H]4COCC(=O)O)O[C@@H]3COCC(=O)O.[Na]. The minimum absolute atomic E-state index is 0. The van der Waals surface area contributed by atoms with Crippen molar-refractivity contribution in [2.45, 2.75) is 215 Å². The Kier molecular flexibility index (Phi) is 34.4. The standard InChI is InChI=1S/C56H84O49.Na/c57-22(58)8-85-1-15-43-29(71)36(78)50(92-15)100-44-16(2-86-9-23(59)60)94-52(38(80)31(44)73)102-46-18(4-88-11-25(63)64)96-54(40(82)33(46)75)104-48-20(6-90-13-27(67)68)98-56(42(84)35(48)77)105-49-21(7-91-14-28(69)70)97-55(41(83)34(49)76)103-47-19(5-89-12-26(65)66)95-53(39(81)32(47)74)101-45-17(3-87-10-24(61)62)93-51(99-43)37(79)30(45)72;/h15-21,29-56,71-84H,1-14H2,(H,57,58)(H,59,60)(H,61,62)(H,63,64)(H,65,66)(H,67,68)(H,69,70);/t15-,16-,17-,18-,19-,20-,21-,29-,30-,31?,32?,33?,34?,35?,36-,37-,38-,39-,40-,41-,42-,43-,44-,45-,46-,47-,48-,49-,50-,51+,52-,53-,54-,55-,56-;/m1./s1. The van der Waals surface area contributed by atoms with Gasteiger partial charge in [-0.05, 0) is 0 Å². The Balaban J connectivity index is 0.0000157. The van der Waals surface area contributed by atoms with Gasteiger partial charge in [0.1, 0.15) is 217 Å². The van der Waals surface area contributed by atoms with Crippen molar-refractivity contribution in [1.82, 2.24) is 0 Å². The number of rotatable bonds is 28. The quantitative estimate of drug-likeness (QED) is 0.0324. The summed E-state index contributed by atoms with van der Waals surface area (Å²) in [7, 11) is 0. The topological polar surface area (TPSA) is 738 Å². The number of aliphatic hydroxyl groups is 14. The summed E-state index contributed by atoms with van der Waals surface area (Å²) in [6, 6.07) is 0. The first kappa shape index (κ1) is 89.1. The van der Waals surface area contributed by atoms with Crippen LogP contribution >= 0.6 is 0 Å². The van der Waals surface area contributed by atoms with Gasteiger partial charge in [0.15, 0.2) is 44.0 Å². The summed E-state index contributed by atoms with van der Waals surface area (Å²) in [5.41, 5.74) is 0. The maximum Gasteiger partial charge on any atom is 0.329 e. The molecule has 21 fully saturated rings. The van der Waals surface area contributed by atoms with Crippen LogP contribution in [-0.4, -0.2) is 486 Å². The Morgan fingerprint density at radius 2 is 0.292 bits per heavy atom. The molecule has 0 aromatic carbocycles. The van der Waals surface area contributed by atoms with Crippen molar-refractivity contribution in [1.29, 1.82) is 0 Å². The van der Waals surface area contributed by atoms with E-state index in [0.717, 1.165) is 0 Å². The van der Waals surface area contributed by atoms with Gasteiger partial charge in [-0.25, -0.2) is 33.6 Å². The second-order valence-corrected chi connectivity index (χ2v) is 24.7. The summed E-state index contributed by atoms with van der Waals surface area (Å²) in [5, 5.41) is 232. The fraction of sp³-hybridized carbons (Fsp3) is 0.875. The Morgan fingerprint density at radius 1 is 0.189 bits per heavy atom. The molecule has 21 heterocycles. The van der Waals surface area contributed by atoms with Gasteiger partial charge in [0.05, 0.1) is 46.2 Å². The first-order chi connectivity index (χ1) is 49.6. The third kappa shape index (κ3) is 23.0. The van der Waals surface area contributed by atoms with E-state index >= 15 is 0 Å². The molecule has 0 aromatic heterocycles. The normalized spacial score (nSPS) is 43.1. The van der Waals surface area contributed by atoms with E-state index in [-0.39, 0.29) is 29.6 Å². The molecule has 0 aromatic rings. The number of carboxylic acid groups (broad SMARTS) is 7. The minimum Gasteiger partial charge on any atom is -0.480 e. The first-order valence-electron chi connectivity index (χ1n) is 31.9. The van der Waals surface area contributed by atoms with E-state index in [4.69, 9.17) is 99.5 Å². The van der Waals surface area contributed by atoms with Gasteiger partial charge in [0.2, 0.25) is 0 Å². The molecule has 106 heavy (non-hydrogen) atoms. The minimum atomic E-state index is -2.47. The van der Waals surface area contributed by atoms with E-state index in [1.54, 1.807) is 0 Å². The van der Waals surface area contributed by atoms with Gasteiger partial charge in [0.25, 0.3) is 0 Å². The van der Waals surface area contributed by atoms with E-state index in [1.165, 1.54) is 0 Å². The van der Waals surface area contributed by atoms with Crippen molar-refractivity contribution in [2.75, 3.05) is 92.5 Å². The van der Waals surface area contributed by atoms with Crippen LogP contribution in [0, 0.1) is 0 Å². The molecule has 0 saturated carbocycles. The number of hydrogen-bond donors (Lipinski definition) is 21. The van der Waals surface area contributed by atoms with Crippen molar-refractivity contribution in [3.8, 4) is 0 Å². The van der Waals surface area contributed by atoms with Crippen LogP contribution in [0.1, 0.15) is 0 Å². The maximum absolute atomic E-state index is 11.9. The zero-order chi connectivity index (χ0) is 77.0. The molecule has 21 rings (SSSR count). The monoisotopic (exact) mass is 1560 g/mol. The van der Waals surface area contributed by atoms with Crippen molar-refractivity contribution in [3.05, 3.63) is 0 Å². The molecule has 0 amide bonds. The number of hydrogen-bond acceptors (Lipinski definition) is 42. The summed E-state index contributed by atoms with van der Waals surface area (Å²) in [4.78, 5) is 81.8. The number of carbonyl (C=O) groups is 7. The average molecular weight is 1560 g/mol. The summed E-state index contributed by atoms with van der Waals surface area (Å²) < 4.78 is 119. The molecule has 35 atom stereocenters. The zero-order valence-corrected chi connectivity index (χ0v) is 57.4. The van der Waals surface area contributed by atoms with Crippen LogP contribution in [0.15, 0.2) is 0 Å². The van der Waals surface area contributed by atoms with Gasteiger partial charge < -0.3 is 207 Å². The summed E-state index contributed by atoms with van der Waals surface area (Å²) in [6.45, 7) is -14.7. The molecule has 1 radical (unpaired) electrons. The Labute approximate surface area is 616 Å². The molecule has 21 aliphatic heterocycles. The molecule has 21 aliphatic rings. The fourth-order valence-corrected chi connectivity index (χ4v) is 12.2. The van der Waals surface area contributed by atoms with E-state index in [2.05, 4.69) is 0 Å². The summed E-state index contributed by atoms with van der Waals surface area (Å²) in [5.74, 6) is -11.2. The third-order valence-corrected chi connectivity index (χ3v) is 17.1. The molecule has 603 valence electrons.